The monoisotopic (exact) mass is 286 g/mol. The minimum atomic E-state index is -0.928. The van der Waals surface area contributed by atoms with Crippen LogP contribution in [0.3, 0.4) is 0 Å². The predicted molar refractivity (Wildman–Crippen MR) is 80.8 cm³/mol. The number of hydrogen-bond acceptors (Lipinski definition) is 4. The first-order chi connectivity index (χ1) is 10.0. The van der Waals surface area contributed by atoms with Crippen molar-refractivity contribution in [3.05, 3.63) is 37.0 Å². The molecule has 0 aromatic rings. The molecule has 0 N–H and O–H groups in total. The Balaban J connectivity index is 5.25. The third-order valence-corrected chi connectivity index (χ3v) is 1.93. The lowest BCUT2D eigenvalue weighted by molar-refractivity contribution is -0.157. The molecule has 0 amide bonds. The van der Waals surface area contributed by atoms with E-state index in [0.29, 0.717) is 0 Å². The summed E-state index contributed by atoms with van der Waals surface area (Å²) in [6.07, 6.45) is 6.29. The molecule has 0 aromatic carbocycles. The number of ether oxygens (including phenoxy) is 2. The topological polar surface area (TPSA) is 52.6 Å². The van der Waals surface area contributed by atoms with Crippen molar-refractivity contribution >= 4 is 11.9 Å². The second kappa shape index (κ2) is 11.1. The van der Waals surface area contributed by atoms with E-state index < -0.39 is 24.1 Å². The molecule has 4 heteroatoms. The first kappa shape index (κ1) is 18.3. The smallest absolute Gasteiger partial charge is 0.304 e. The molecule has 0 saturated heterocycles. The van der Waals surface area contributed by atoms with Crippen LogP contribution in [-0.4, -0.2) is 24.1 Å². The van der Waals surface area contributed by atoms with E-state index in [0.717, 1.165) is 0 Å². The Hall–Kier alpha value is -2.72. The maximum atomic E-state index is 11.1. The van der Waals surface area contributed by atoms with Crippen molar-refractivity contribution in [3.63, 3.8) is 0 Å². The lowest BCUT2D eigenvalue weighted by Gasteiger charge is -2.19. The molecular weight excluding hydrogens is 268 g/mol. The van der Waals surface area contributed by atoms with Crippen molar-refractivity contribution in [1.29, 1.82) is 0 Å². The van der Waals surface area contributed by atoms with E-state index in [-0.39, 0.29) is 0 Å². The van der Waals surface area contributed by atoms with E-state index in [1.165, 1.54) is 26.0 Å². The standard InChI is InChI=1S/C17H18O4/c1-5-7-9-10-11-13-17(21-15(4)19)16(12-8-6-2)20-14(3)18/h5-8,12,16-17H,2H2,1,3-4H3/b7-5+,12-8-. The highest BCUT2D eigenvalue weighted by atomic mass is 16.6. The van der Waals surface area contributed by atoms with Crippen molar-refractivity contribution < 1.29 is 19.1 Å². The molecule has 110 valence electrons. The molecule has 0 heterocycles. The van der Waals surface area contributed by atoms with Crippen LogP contribution in [-0.2, 0) is 19.1 Å². The van der Waals surface area contributed by atoms with Gasteiger partial charge in [0.15, 0.2) is 6.10 Å². The average molecular weight is 286 g/mol. The normalized spacial score (nSPS) is 12.5. The third kappa shape index (κ3) is 9.81. The third-order valence-electron chi connectivity index (χ3n) is 1.93. The molecule has 0 saturated carbocycles. The van der Waals surface area contributed by atoms with Gasteiger partial charge in [-0.25, -0.2) is 0 Å². The summed E-state index contributed by atoms with van der Waals surface area (Å²) in [5.41, 5.74) is 0. The van der Waals surface area contributed by atoms with Crippen LogP contribution in [0.4, 0.5) is 0 Å². The fourth-order valence-electron chi connectivity index (χ4n) is 1.21. The zero-order valence-corrected chi connectivity index (χ0v) is 12.4. The predicted octanol–water partition coefficient (Wildman–Crippen LogP) is 2.17. The molecule has 0 radical (unpaired) electrons. The average Bonchev–Trinajstić information content (AvgIpc) is 2.41. The van der Waals surface area contributed by atoms with Gasteiger partial charge in [-0.15, -0.1) is 0 Å². The van der Waals surface area contributed by atoms with E-state index >= 15 is 0 Å². The Morgan fingerprint density at radius 3 is 2.33 bits per heavy atom. The van der Waals surface area contributed by atoms with Gasteiger partial charge in [0.05, 0.1) is 0 Å². The zero-order valence-electron chi connectivity index (χ0n) is 12.4. The van der Waals surface area contributed by atoms with Gasteiger partial charge in [0.2, 0.25) is 6.10 Å². The van der Waals surface area contributed by atoms with Gasteiger partial charge < -0.3 is 9.47 Å². The number of allylic oxidation sites excluding steroid dienone is 4. The van der Waals surface area contributed by atoms with Crippen LogP contribution < -0.4 is 0 Å². The van der Waals surface area contributed by atoms with Gasteiger partial charge in [-0.1, -0.05) is 30.7 Å². The molecule has 0 aliphatic heterocycles. The molecule has 4 nitrogen and oxygen atoms in total. The summed E-state index contributed by atoms with van der Waals surface area (Å²) in [6.45, 7) is 7.88. The van der Waals surface area contributed by atoms with Gasteiger partial charge in [-0.2, -0.15) is 0 Å². The second-order valence-corrected chi connectivity index (χ2v) is 3.76. The molecule has 0 fully saturated rings. The molecule has 21 heavy (non-hydrogen) atoms. The molecule has 2 atom stereocenters. The molecule has 0 rings (SSSR count). The highest BCUT2D eigenvalue weighted by Gasteiger charge is 2.22. The van der Waals surface area contributed by atoms with Crippen LogP contribution in [0.25, 0.3) is 0 Å². The lowest BCUT2D eigenvalue weighted by Crippen LogP contribution is -2.31. The van der Waals surface area contributed by atoms with Gasteiger partial charge in [0.1, 0.15) is 0 Å². The maximum absolute atomic E-state index is 11.1. The summed E-state index contributed by atoms with van der Waals surface area (Å²) in [5.74, 6) is 9.45. The lowest BCUT2D eigenvalue weighted by atomic mass is 10.2. The molecule has 0 spiro atoms. The van der Waals surface area contributed by atoms with E-state index in [2.05, 4.69) is 30.3 Å². The maximum Gasteiger partial charge on any atom is 0.304 e. The Labute approximate surface area is 125 Å². The van der Waals surface area contributed by atoms with Crippen LogP contribution in [0.1, 0.15) is 20.8 Å². The van der Waals surface area contributed by atoms with Crippen molar-refractivity contribution in [2.45, 2.75) is 33.0 Å². The zero-order chi connectivity index (χ0) is 16.1. The van der Waals surface area contributed by atoms with Crippen molar-refractivity contribution in [2.24, 2.45) is 0 Å². The molecule has 0 bridgehead atoms. The molecule has 0 aromatic heterocycles. The Kier molecular flexibility index (Phi) is 9.69. The number of carbonyl (C=O) groups is 2. The second-order valence-electron chi connectivity index (χ2n) is 3.76. The van der Waals surface area contributed by atoms with Gasteiger partial charge >= 0.3 is 11.9 Å². The van der Waals surface area contributed by atoms with E-state index in [1.54, 1.807) is 18.2 Å². The van der Waals surface area contributed by atoms with E-state index in [9.17, 15) is 9.59 Å². The SMILES string of the molecule is C=C/C=C\C(OC(C)=O)C(C#CC#C/C=C/C)OC(C)=O. The van der Waals surface area contributed by atoms with Crippen molar-refractivity contribution in [1.82, 2.24) is 0 Å². The molecule has 0 aliphatic carbocycles. The van der Waals surface area contributed by atoms with Crippen LogP contribution >= 0.6 is 0 Å². The fraction of sp³-hybridized carbons (Fsp3) is 0.294. The number of rotatable bonds is 5. The Morgan fingerprint density at radius 1 is 1.14 bits per heavy atom. The molecule has 0 aliphatic rings. The quantitative estimate of drug-likeness (QED) is 0.441. The largest absolute Gasteiger partial charge is 0.453 e. The summed E-state index contributed by atoms with van der Waals surface area (Å²) in [4.78, 5) is 22.2. The van der Waals surface area contributed by atoms with Gasteiger partial charge in [-0.05, 0) is 36.8 Å². The molecular formula is C17H18O4. The van der Waals surface area contributed by atoms with Crippen LogP contribution in [0, 0.1) is 23.7 Å². The Morgan fingerprint density at radius 2 is 1.81 bits per heavy atom. The van der Waals surface area contributed by atoms with Gasteiger partial charge in [0.25, 0.3) is 0 Å². The van der Waals surface area contributed by atoms with Gasteiger partial charge in [-0.3, -0.25) is 9.59 Å². The molecule has 2 unspecified atom stereocenters. The number of carbonyl (C=O) groups excluding carboxylic acids is 2. The summed E-state index contributed by atoms with van der Waals surface area (Å²) < 4.78 is 10.1. The van der Waals surface area contributed by atoms with E-state index in [1.807, 2.05) is 6.92 Å². The van der Waals surface area contributed by atoms with Crippen molar-refractivity contribution in [2.75, 3.05) is 0 Å². The number of esters is 2. The van der Waals surface area contributed by atoms with Crippen LogP contribution in [0.5, 0.6) is 0 Å². The number of hydrogen-bond donors (Lipinski definition) is 0. The summed E-state index contributed by atoms with van der Waals surface area (Å²) >= 11 is 0. The summed E-state index contributed by atoms with van der Waals surface area (Å²) in [7, 11) is 0. The van der Waals surface area contributed by atoms with Crippen LogP contribution in [0.15, 0.2) is 37.0 Å². The highest BCUT2D eigenvalue weighted by Crippen LogP contribution is 2.07. The highest BCUT2D eigenvalue weighted by molar-refractivity contribution is 5.68. The minimum Gasteiger partial charge on any atom is -0.453 e. The first-order valence-electron chi connectivity index (χ1n) is 6.27. The van der Waals surface area contributed by atoms with Crippen LogP contribution in [0.2, 0.25) is 0 Å². The first-order valence-corrected chi connectivity index (χ1v) is 6.27. The van der Waals surface area contributed by atoms with Crippen molar-refractivity contribution in [3.8, 4) is 23.7 Å². The summed E-state index contributed by atoms with van der Waals surface area (Å²) in [6, 6.07) is 0. The van der Waals surface area contributed by atoms with Gasteiger partial charge in [0, 0.05) is 13.8 Å². The fourth-order valence-corrected chi connectivity index (χ4v) is 1.21. The van der Waals surface area contributed by atoms with E-state index in [4.69, 9.17) is 9.47 Å². The minimum absolute atomic E-state index is 0.507. The Bertz CT molecular complexity index is 547. The summed E-state index contributed by atoms with van der Waals surface area (Å²) in [5, 5.41) is 0.